The third-order valence-corrected chi connectivity index (χ3v) is 11.4. The number of pyridine rings is 2. The van der Waals surface area contributed by atoms with Crippen LogP contribution < -0.4 is 5.19 Å². The van der Waals surface area contributed by atoms with Gasteiger partial charge in [0.15, 0.2) is 0 Å². The molecule has 4 aromatic heterocycles. The third kappa shape index (κ3) is 7.52. The van der Waals surface area contributed by atoms with E-state index in [0.717, 1.165) is 74.3 Å². The van der Waals surface area contributed by atoms with Crippen molar-refractivity contribution in [2.45, 2.75) is 59.2 Å². The van der Waals surface area contributed by atoms with Crippen molar-refractivity contribution >= 4 is 46.4 Å². The Hall–Kier alpha value is -4.68. The van der Waals surface area contributed by atoms with E-state index in [0.29, 0.717) is 11.6 Å². The average molecular weight is 863 g/mol. The van der Waals surface area contributed by atoms with Crippen LogP contribution in [0.25, 0.3) is 61.4 Å². The molecular weight excluding hydrogens is 821 g/mol. The molecule has 8 rings (SSSR count). The first-order valence-corrected chi connectivity index (χ1v) is 21.0. The first-order chi connectivity index (χ1) is 24.2. The van der Waals surface area contributed by atoms with Crippen LogP contribution in [0.15, 0.2) is 120 Å². The van der Waals surface area contributed by atoms with Crippen molar-refractivity contribution in [1.82, 2.24) is 19.5 Å². The molecule has 0 fully saturated rings. The zero-order valence-corrected chi connectivity index (χ0v) is 33.4. The molecule has 0 atom stereocenters. The fourth-order valence-corrected chi connectivity index (χ4v) is 7.42. The number of aryl methyl sites for hydroxylation is 1. The van der Waals surface area contributed by atoms with Crippen LogP contribution in [-0.2, 0) is 20.1 Å². The van der Waals surface area contributed by atoms with Crippen molar-refractivity contribution < 1.29 is 24.5 Å². The minimum Gasteiger partial charge on any atom is -0.486 e. The molecule has 4 heterocycles. The Balaban J connectivity index is 0.000000211. The number of benzene rings is 4. The summed E-state index contributed by atoms with van der Waals surface area (Å²) in [6.45, 7) is 13.5. The molecule has 0 amide bonds. The van der Waals surface area contributed by atoms with Crippen LogP contribution >= 0.6 is 0 Å². The molecular formula is C44H42IrN4OSi-2. The molecule has 0 aliphatic rings. The number of imidazole rings is 1. The van der Waals surface area contributed by atoms with E-state index in [1.807, 2.05) is 54.7 Å². The summed E-state index contributed by atoms with van der Waals surface area (Å²) >= 11 is 0. The molecule has 8 aromatic rings. The molecule has 0 bridgehead atoms. The van der Waals surface area contributed by atoms with Gasteiger partial charge in [-0.3, -0.25) is 4.98 Å². The summed E-state index contributed by atoms with van der Waals surface area (Å²) in [7, 11) is -1.24. The molecule has 0 unspecified atom stereocenters. The number of hydrogen-bond acceptors (Lipinski definition) is 4. The number of furan rings is 1. The van der Waals surface area contributed by atoms with Gasteiger partial charge in [-0.25, -0.2) is 4.98 Å². The fraction of sp³-hybridized carbons (Fsp3) is 0.205. The molecule has 259 valence electrons. The standard InChI is InChI=1S/C29H24N3O.C15H18NSi.Ir/c1-3-19(4-2)24-16-15-22-23-18-20(14-17-27(23)33-29(22)31-24)28-30-25-12-8-9-13-26(25)32(28)21-10-6-5-7-11-21;1-12-5-7-13(8-6-12)15-10-9-14(11-16-15)17(2,3)4;/h5-13,15-19H,3-4H2,1-2H3;5-7,9-11H,1-4H3;/q2*-1;. The minimum atomic E-state index is -1.24. The van der Waals surface area contributed by atoms with Crippen molar-refractivity contribution in [3.63, 3.8) is 0 Å². The normalized spacial score (nSPS) is 11.5. The van der Waals surface area contributed by atoms with Gasteiger partial charge in [0.1, 0.15) is 0 Å². The van der Waals surface area contributed by atoms with Gasteiger partial charge in [-0.15, -0.1) is 59.2 Å². The monoisotopic (exact) mass is 863 g/mol. The van der Waals surface area contributed by atoms with Crippen LogP contribution in [0.3, 0.4) is 0 Å². The van der Waals surface area contributed by atoms with Gasteiger partial charge in [0.2, 0.25) is 5.71 Å². The molecule has 0 spiro atoms. The summed E-state index contributed by atoms with van der Waals surface area (Å²) in [5.41, 5.74) is 9.91. The van der Waals surface area contributed by atoms with Crippen LogP contribution in [-0.4, -0.2) is 27.6 Å². The number of aromatic nitrogens is 4. The van der Waals surface area contributed by atoms with E-state index in [1.54, 1.807) is 0 Å². The summed E-state index contributed by atoms with van der Waals surface area (Å²) in [5, 5.41) is 3.46. The van der Waals surface area contributed by atoms with Gasteiger partial charge in [0.25, 0.3) is 0 Å². The molecule has 1 radical (unpaired) electrons. The Kier molecular flexibility index (Phi) is 10.8. The van der Waals surface area contributed by atoms with Gasteiger partial charge < -0.3 is 14.0 Å². The maximum atomic E-state index is 6.13. The maximum absolute atomic E-state index is 6.13. The fourth-order valence-electron chi connectivity index (χ4n) is 6.38. The van der Waals surface area contributed by atoms with Crippen molar-refractivity contribution in [2.24, 2.45) is 0 Å². The van der Waals surface area contributed by atoms with Gasteiger partial charge in [-0.1, -0.05) is 88.3 Å². The molecule has 5 nitrogen and oxygen atoms in total. The summed E-state index contributed by atoms with van der Waals surface area (Å²) in [4.78, 5) is 14.4. The van der Waals surface area contributed by atoms with Crippen LogP contribution in [0.5, 0.6) is 0 Å². The van der Waals surface area contributed by atoms with E-state index >= 15 is 0 Å². The Bertz CT molecular complexity index is 2390. The van der Waals surface area contributed by atoms with Gasteiger partial charge in [-0.2, -0.15) is 0 Å². The molecule has 0 saturated carbocycles. The molecule has 51 heavy (non-hydrogen) atoms. The van der Waals surface area contributed by atoms with Gasteiger partial charge in [-0.05, 0) is 60.1 Å². The molecule has 7 heteroatoms. The SMILES string of the molecule is CCC(CC)c1ccc2c(n1)oc1c[c-]c(-c3nc4ccccc4n3-c3ccccc3)cc12.Cc1c[c-]c(-c2ccc([Si](C)(C)C)cn2)cc1.[Ir]. The van der Waals surface area contributed by atoms with E-state index in [9.17, 15) is 0 Å². The number of nitrogens with zero attached hydrogens (tertiary/aromatic N) is 4. The summed E-state index contributed by atoms with van der Waals surface area (Å²) in [6, 6.07) is 44.1. The second-order valence-electron chi connectivity index (χ2n) is 13.9. The van der Waals surface area contributed by atoms with E-state index in [-0.39, 0.29) is 20.1 Å². The topological polar surface area (TPSA) is 56.7 Å². The molecule has 4 aromatic carbocycles. The van der Waals surface area contributed by atoms with E-state index in [4.69, 9.17) is 14.4 Å². The van der Waals surface area contributed by atoms with Crippen molar-refractivity contribution in [2.75, 3.05) is 0 Å². The predicted molar refractivity (Wildman–Crippen MR) is 210 cm³/mol. The van der Waals surface area contributed by atoms with Crippen LogP contribution in [0.4, 0.5) is 0 Å². The van der Waals surface area contributed by atoms with Crippen LogP contribution in [0.1, 0.15) is 43.9 Å². The van der Waals surface area contributed by atoms with Crippen molar-refractivity contribution in [1.29, 1.82) is 0 Å². The Morgan fingerprint density at radius 1 is 0.765 bits per heavy atom. The summed E-state index contributed by atoms with van der Waals surface area (Å²) < 4.78 is 8.32. The first-order valence-electron chi connectivity index (χ1n) is 17.5. The number of fused-ring (bicyclic) bond motifs is 4. The van der Waals surface area contributed by atoms with Crippen molar-refractivity contribution in [3.05, 3.63) is 139 Å². The Morgan fingerprint density at radius 3 is 2.20 bits per heavy atom. The number of hydrogen-bond donors (Lipinski definition) is 0. The van der Waals surface area contributed by atoms with Gasteiger partial charge in [0, 0.05) is 49.0 Å². The zero-order chi connectivity index (χ0) is 34.8. The second kappa shape index (κ2) is 15.3. The summed E-state index contributed by atoms with van der Waals surface area (Å²) in [5.74, 6) is 1.32. The molecule has 0 N–H and O–H groups in total. The van der Waals surface area contributed by atoms with Crippen LogP contribution in [0, 0.1) is 19.1 Å². The van der Waals surface area contributed by atoms with Crippen LogP contribution in [0.2, 0.25) is 19.6 Å². The Labute approximate surface area is 315 Å². The second-order valence-corrected chi connectivity index (χ2v) is 19.0. The molecule has 0 aliphatic heterocycles. The maximum Gasteiger partial charge on any atom is 0.216 e. The van der Waals surface area contributed by atoms with Gasteiger partial charge in [0.05, 0.1) is 30.5 Å². The predicted octanol–water partition coefficient (Wildman–Crippen LogP) is 11.1. The van der Waals surface area contributed by atoms with Crippen molar-refractivity contribution in [3.8, 4) is 28.3 Å². The smallest absolute Gasteiger partial charge is 0.216 e. The molecule has 0 saturated heterocycles. The Morgan fingerprint density at radius 2 is 1.51 bits per heavy atom. The van der Waals surface area contributed by atoms with E-state index < -0.39 is 8.07 Å². The largest absolute Gasteiger partial charge is 0.486 e. The quantitative estimate of drug-likeness (QED) is 0.118. The first kappa shape index (κ1) is 36.1. The summed E-state index contributed by atoms with van der Waals surface area (Å²) in [6.07, 6.45) is 4.17. The molecule has 0 aliphatic carbocycles. The zero-order valence-electron chi connectivity index (χ0n) is 30.0. The average Bonchev–Trinajstić information content (AvgIpc) is 3.71. The minimum absolute atomic E-state index is 0. The number of rotatable bonds is 7. The van der Waals surface area contributed by atoms with E-state index in [1.165, 1.54) is 10.8 Å². The van der Waals surface area contributed by atoms with E-state index in [2.05, 4.69) is 123 Å². The van der Waals surface area contributed by atoms with Gasteiger partial charge >= 0.3 is 0 Å². The third-order valence-electron chi connectivity index (χ3n) is 9.39. The number of para-hydroxylation sites is 3.